The first-order chi connectivity index (χ1) is 14.4. The Balaban J connectivity index is 1.74. The van der Waals surface area contributed by atoms with Gasteiger partial charge in [0.1, 0.15) is 0 Å². The molecular weight excluding hydrogens is 388 g/mol. The van der Waals surface area contributed by atoms with Crippen molar-refractivity contribution in [3.8, 4) is 0 Å². The van der Waals surface area contributed by atoms with E-state index in [-0.39, 0.29) is 17.4 Å². The molecule has 0 aromatic rings. The van der Waals surface area contributed by atoms with Gasteiger partial charge in [0.15, 0.2) is 0 Å². The van der Waals surface area contributed by atoms with Crippen molar-refractivity contribution >= 4 is 0 Å². The molecule has 0 aliphatic heterocycles. The van der Waals surface area contributed by atoms with Crippen molar-refractivity contribution < 1.29 is 20.4 Å². The van der Waals surface area contributed by atoms with E-state index in [4.69, 9.17) is 0 Å². The lowest BCUT2D eigenvalue weighted by atomic mass is 9.60. The Morgan fingerprint density at radius 2 is 1.94 bits per heavy atom. The molecule has 0 radical (unpaired) electrons. The number of fused-ring (bicyclic) bond motifs is 1. The maximum atomic E-state index is 10.9. The fourth-order valence-electron chi connectivity index (χ4n) is 6.64. The smallest absolute Gasteiger partial charge is 0.0811 e. The summed E-state index contributed by atoms with van der Waals surface area (Å²) in [5.41, 5.74) is 2.65. The fourth-order valence-corrected chi connectivity index (χ4v) is 6.64. The first-order valence-corrected chi connectivity index (χ1v) is 12.3. The number of hydrogen-bond acceptors (Lipinski definition) is 4. The van der Waals surface area contributed by atoms with Crippen LogP contribution in [0.15, 0.2) is 35.5 Å². The summed E-state index contributed by atoms with van der Waals surface area (Å²) in [6.07, 6.45) is 10.8. The van der Waals surface area contributed by atoms with Crippen molar-refractivity contribution in [3.05, 3.63) is 35.5 Å². The Labute approximate surface area is 188 Å². The highest BCUT2D eigenvalue weighted by molar-refractivity contribution is 5.38. The molecule has 31 heavy (non-hydrogen) atoms. The van der Waals surface area contributed by atoms with Crippen LogP contribution in [0, 0.1) is 23.2 Å². The second-order valence-corrected chi connectivity index (χ2v) is 11.4. The number of aliphatic hydroxyl groups excluding tert-OH is 3. The molecule has 4 heteroatoms. The van der Waals surface area contributed by atoms with Gasteiger partial charge in [0, 0.05) is 6.42 Å². The minimum absolute atomic E-state index is 0.195. The predicted molar refractivity (Wildman–Crippen MR) is 125 cm³/mol. The highest BCUT2D eigenvalue weighted by Gasteiger charge is 2.51. The van der Waals surface area contributed by atoms with E-state index in [1.165, 1.54) is 12.0 Å². The van der Waals surface area contributed by atoms with Crippen LogP contribution in [0.5, 0.6) is 0 Å². The number of hydrogen-bond donors (Lipinski definition) is 4. The minimum Gasteiger partial charge on any atom is -0.393 e. The summed E-state index contributed by atoms with van der Waals surface area (Å²) in [4.78, 5) is 0. The molecule has 0 saturated heterocycles. The molecule has 3 saturated carbocycles. The highest BCUT2D eigenvalue weighted by atomic mass is 16.3. The summed E-state index contributed by atoms with van der Waals surface area (Å²) >= 11 is 0. The van der Waals surface area contributed by atoms with Gasteiger partial charge in [0.25, 0.3) is 0 Å². The van der Waals surface area contributed by atoms with E-state index in [1.54, 1.807) is 0 Å². The Morgan fingerprint density at radius 1 is 1.23 bits per heavy atom. The van der Waals surface area contributed by atoms with Crippen LogP contribution >= 0.6 is 0 Å². The van der Waals surface area contributed by atoms with Crippen molar-refractivity contribution in [2.24, 2.45) is 23.2 Å². The molecule has 0 bridgehead atoms. The number of aliphatic hydroxyl groups is 4. The van der Waals surface area contributed by atoms with Gasteiger partial charge in [0.2, 0.25) is 0 Å². The van der Waals surface area contributed by atoms with Gasteiger partial charge in [-0.25, -0.2) is 0 Å². The zero-order chi connectivity index (χ0) is 23.0. The molecule has 0 amide bonds. The molecule has 176 valence electrons. The summed E-state index contributed by atoms with van der Waals surface area (Å²) in [6, 6.07) is 0. The second-order valence-electron chi connectivity index (χ2n) is 11.4. The maximum absolute atomic E-state index is 10.9. The van der Waals surface area contributed by atoms with E-state index in [0.717, 1.165) is 36.8 Å². The van der Waals surface area contributed by atoms with Gasteiger partial charge in [-0.1, -0.05) is 38.2 Å². The van der Waals surface area contributed by atoms with E-state index in [2.05, 4.69) is 32.6 Å². The molecule has 1 unspecified atom stereocenters. The summed E-state index contributed by atoms with van der Waals surface area (Å²) in [5.74, 6) is 1.23. The molecule has 3 rings (SSSR count). The van der Waals surface area contributed by atoms with Crippen molar-refractivity contribution in [2.75, 3.05) is 0 Å². The van der Waals surface area contributed by atoms with Crippen LogP contribution in [0.4, 0.5) is 0 Å². The summed E-state index contributed by atoms with van der Waals surface area (Å²) in [5, 5.41) is 41.1. The van der Waals surface area contributed by atoms with Crippen LogP contribution < -0.4 is 0 Å². The molecule has 4 N–H and O–H groups in total. The third-order valence-corrected chi connectivity index (χ3v) is 8.60. The summed E-state index contributed by atoms with van der Waals surface area (Å²) < 4.78 is 0. The van der Waals surface area contributed by atoms with Crippen LogP contribution in [0.1, 0.15) is 85.5 Å². The van der Waals surface area contributed by atoms with Gasteiger partial charge >= 0.3 is 0 Å². The summed E-state index contributed by atoms with van der Waals surface area (Å²) in [7, 11) is 0. The minimum atomic E-state index is -0.735. The van der Waals surface area contributed by atoms with Gasteiger partial charge in [-0.3, -0.25) is 0 Å². The topological polar surface area (TPSA) is 80.9 Å². The SMILES string of the molecule is C=C1/C(=C\C=C2CCC[C@@]3(C)C2CC[C@@H]3[C@H](C)[C@H](O)CCC(C)(C)O)C[C@@H](O)C[C@@H]1O. The molecule has 7 atom stereocenters. The van der Waals surface area contributed by atoms with E-state index in [1.807, 2.05) is 13.8 Å². The summed E-state index contributed by atoms with van der Waals surface area (Å²) in [6.45, 7) is 12.3. The maximum Gasteiger partial charge on any atom is 0.0811 e. The van der Waals surface area contributed by atoms with E-state index >= 15 is 0 Å². The van der Waals surface area contributed by atoms with Crippen molar-refractivity contribution in [2.45, 2.75) is 109 Å². The van der Waals surface area contributed by atoms with Gasteiger partial charge in [-0.2, -0.15) is 0 Å². The van der Waals surface area contributed by atoms with Crippen molar-refractivity contribution in [3.63, 3.8) is 0 Å². The molecule has 0 heterocycles. The van der Waals surface area contributed by atoms with Gasteiger partial charge < -0.3 is 20.4 Å². The Hall–Kier alpha value is -0.940. The third-order valence-electron chi connectivity index (χ3n) is 8.60. The zero-order valence-electron chi connectivity index (χ0n) is 20.0. The number of allylic oxidation sites excluding steroid dienone is 3. The van der Waals surface area contributed by atoms with E-state index < -0.39 is 17.8 Å². The van der Waals surface area contributed by atoms with Crippen LogP contribution in [0.2, 0.25) is 0 Å². The largest absolute Gasteiger partial charge is 0.393 e. The van der Waals surface area contributed by atoms with Crippen LogP contribution in [-0.2, 0) is 0 Å². The van der Waals surface area contributed by atoms with Crippen molar-refractivity contribution in [1.29, 1.82) is 0 Å². The predicted octanol–water partition coefficient (Wildman–Crippen LogP) is 4.68. The van der Waals surface area contributed by atoms with Crippen LogP contribution in [0.3, 0.4) is 0 Å². The first kappa shape index (κ1) is 24.7. The van der Waals surface area contributed by atoms with E-state index in [0.29, 0.717) is 37.5 Å². The average molecular weight is 433 g/mol. The molecule has 0 aromatic carbocycles. The molecule has 3 aliphatic rings. The normalized spacial score (nSPS) is 39.0. The number of rotatable bonds is 6. The lowest BCUT2D eigenvalue weighted by molar-refractivity contribution is -0.00259. The average Bonchev–Trinajstić information content (AvgIpc) is 3.04. The molecule has 0 aromatic heterocycles. The van der Waals surface area contributed by atoms with Gasteiger partial charge in [0.05, 0.1) is 23.9 Å². The molecular formula is C27H44O4. The monoisotopic (exact) mass is 432 g/mol. The Bertz CT molecular complexity index is 715. The highest BCUT2D eigenvalue weighted by Crippen LogP contribution is 2.60. The molecule has 3 aliphatic carbocycles. The van der Waals surface area contributed by atoms with E-state index in [9.17, 15) is 20.4 Å². The lowest BCUT2D eigenvalue weighted by Gasteiger charge is -2.45. The lowest BCUT2D eigenvalue weighted by Crippen LogP contribution is -2.39. The zero-order valence-corrected chi connectivity index (χ0v) is 20.0. The molecule has 3 fully saturated rings. The standard InChI is InChI=1S/C27H44O4/c1-17-20(15-21(28)16-25(17)30)9-8-19-7-6-13-27(5)22(10-11-23(19)27)18(2)24(29)12-14-26(3,4)31/h8-9,18,21-25,28-31H,1,6-7,10-16H2,2-5H3/b19-8?,20-9-/t18-,21+,22+,23?,24+,25-,27+/m0/s1. The quantitative estimate of drug-likeness (QED) is 0.491. The van der Waals surface area contributed by atoms with Crippen molar-refractivity contribution in [1.82, 2.24) is 0 Å². The molecule has 0 spiro atoms. The van der Waals surface area contributed by atoms with Gasteiger partial charge in [-0.15, -0.1) is 0 Å². The first-order valence-electron chi connectivity index (χ1n) is 12.3. The Morgan fingerprint density at radius 3 is 2.61 bits per heavy atom. The van der Waals surface area contributed by atoms with Crippen LogP contribution in [-0.4, -0.2) is 44.3 Å². The van der Waals surface area contributed by atoms with Gasteiger partial charge in [-0.05, 0) is 99.5 Å². The van der Waals surface area contributed by atoms with Crippen LogP contribution in [0.25, 0.3) is 0 Å². The second kappa shape index (κ2) is 9.51. The Kier molecular flexibility index (Phi) is 7.57. The fraction of sp³-hybridized carbons (Fsp3) is 0.778. The molecule has 4 nitrogen and oxygen atoms in total. The third kappa shape index (κ3) is 5.52.